The zero-order chi connectivity index (χ0) is 13.8. The first-order valence-corrected chi connectivity index (χ1v) is 6.17. The highest BCUT2D eigenvalue weighted by molar-refractivity contribution is 7.07. The average Bonchev–Trinajstić information content (AvgIpc) is 2.97. The maximum atomic E-state index is 11.7. The van der Waals surface area contributed by atoms with Gasteiger partial charge >= 0.3 is 5.97 Å². The number of imidazole rings is 1. The number of carboxylic acid groups (broad SMARTS) is 1. The molecule has 2 rings (SSSR count). The molecule has 1 amide bonds. The number of hydrogen-bond donors (Lipinski definition) is 2. The summed E-state index contributed by atoms with van der Waals surface area (Å²) in [4.78, 5) is 26.6. The second-order valence-corrected chi connectivity index (χ2v) is 4.50. The smallest absolute Gasteiger partial charge is 0.356 e. The fourth-order valence-corrected chi connectivity index (χ4v) is 1.98. The van der Waals surface area contributed by atoms with Gasteiger partial charge in [-0.3, -0.25) is 4.79 Å². The van der Waals surface area contributed by atoms with Gasteiger partial charge in [-0.2, -0.15) is 0 Å². The molecule has 0 aliphatic heterocycles. The molecule has 0 radical (unpaired) electrons. The number of nitrogens with one attached hydrogen (secondary N) is 1. The highest BCUT2D eigenvalue weighted by Gasteiger charge is 2.12. The molecule has 19 heavy (non-hydrogen) atoms. The Bertz CT molecular complexity index is 606. The lowest BCUT2D eigenvalue weighted by Crippen LogP contribution is -2.26. The van der Waals surface area contributed by atoms with Crippen LogP contribution in [0, 0.1) is 6.92 Å². The first kappa shape index (κ1) is 13.1. The lowest BCUT2D eigenvalue weighted by atomic mass is 10.4. The highest BCUT2D eigenvalue weighted by Crippen LogP contribution is 2.08. The van der Waals surface area contributed by atoms with Crippen LogP contribution in [0.4, 0.5) is 0 Å². The van der Waals surface area contributed by atoms with Gasteiger partial charge in [0.05, 0.1) is 12.0 Å². The van der Waals surface area contributed by atoms with Gasteiger partial charge in [0.2, 0.25) is 0 Å². The number of carbonyl (C=O) groups excluding carboxylic acids is 1. The van der Waals surface area contributed by atoms with Gasteiger partial charge < -0.3 is 15.0 Å². The van der Waals surface area contributed by atoms with E-state index in [4.69, 9.17) is 5.11 Å². The molecular weight excluding hydrogens is 270 g/mol. The van der Waals surface area contributed by atoms with E-state index in [1.165, 1.54) is 12.5 Å². The molecule has 0 aromatic carbocycles. The number of aryl methyl sites for hydroxylation is 1. The van der Waals surface area contributed by atoms with Crippen molar-refractivity contribution in [2.45, 2.75) is 13.5 Å². The van der Waals surface area contributed by atoms with E-state index in [9.17, 15) is 9.59 Å². The van der Waals surface area contributed by atoms with Crippen LogP contribution in [0.1, 0.15) is 25.9 Å². The number of amides is 1. The summed E-state index contributed by atoms with van der Waals surface area (Å²) < 4.78 is 5.28. The number of aromatic carboxylic acids is 1. The van der Waals surface area contributed by atoms with Gasteiger partial charge in [0.25, 0.3) is 5.91 Å². The number of rotatable bonds is 5. The number of nitrogens with zero attached hydrogens (tertiary/aromatic N) is 4. The maximum absolute atomic E-state index is 11.7. The molecule has 100 valence electrons. The van der Waals surface area contributed by atoms with Crippen LogP contribution in [0.2, 0.25) is 0 Å². The normalized spacial score (nSPS) is 10.4. The van der Waals surface area contributed by atoms with Crippen LogP contribution >= 0.6 is 11.5 Å². The first-order valence-electron chi connectivity index (χ1n) is 5.40. The number of carbonyl (C=O) groups is 2. The van der Waals surface area contributed by atoms with Gasteiger partial charge in [0.15, 0.2) is 5.69 Å². The third-order valence-electron chi connectivity index (χ3n) is 2.37. The Kier molecular flexibility index (Phi) is 3.85. The van der Waals surface area contributed by atoms with E-state index < -0.39 is 5.97 Å². The van der Waals surface area contributed by atoms with Gasteiger partial charge in [-0.15, -0.1) is 5.10 Å². The summed E-state index contributed by atoms with van der Waals surface area (Å²) >= 11 is 1.04. The lowest BCUT2D eigenvalue weighted by Gasteiger charge is -2.04. The molecule has 2 aromatic rings. The Labute approximate surface area is 112 Å². The molecule has 0 bridgehead atoms. The van der Waals surface area contributed by atoms with Crippen LogP contribution < -0.4 is 5.32 Å². The molecular formula is C10H11N5O3S. The number of aromatic nitrogens is 4. The van der Waals surface area contributed by atoms with Crippen molar-refractivity contribution in [3.8, 4) is 0 Å². The Morgan fingerprint density at radius 2 is 2.32 bits per heavy atom. The van der Waals surface area contributed by atoms with Crippen LogP contribution in [0.3, 0.4) is 0 Å². The van der Waals surface area contributed by atoms with E-state index in [0.717, 1.165) is 11.5 Å². The van der Waals surface area contributed by atoms with Crippen LogP contribution in [-0.4, -0.2) is 42.7 Å². The van der Waals surface area contributed by atoms with Gasteiger partial charge in [-0.25, -0.2) is 9.78 Å². The Hall–Kier alpha value is -2.29. The summed E-state index contributed by atoms with van der Waals surface area (Å²) in [6, 6.07) is 0. The molecule has 0 aliphatic rings. The van der Waals surface area contributed by atoms with E-state index in [-0.39, 0.29) is 11.6 Å². The van der Waals surface area contributed by atoms with Crippen molar-refractivity contribution < 1.29 is 14.7 Å². The Balaban J connectivity index is 1.85. The summed E-state index contributed by atoms with van der Waals surface area (Å²) in [7, 11) is 0. The molecule has 2 heterocycles. The van der Waals surface area contributed by atoms with E-state index in [0.29, 0.717) is 23.7 Å². The second-order valence-electron chi connectivity index (χ2n) is 3.75. The Morgan fingerprint density at radius 3 is 2.89 bits per heavy atom. The van der Waals surface area contributed by atoms with Crippen LogP contribution in [0.5, 0.6) is 0 Å². The average molecular weight is 281 g/mol. The highest BCUT2D eigenvalue weighted by atomic mass is 32.1. The third kappa shape index (κ3) is 3.13. The van der Waals surface area contributed by atoms with Crippen molar-refractivity contribution >= 4 is 23.4 Å². The largest absolute Gasteiger partial charge is 0.476 e. The first-order chi connectivity index (χ1) is 9.08. The third-order valence-corrected chi connectivity index (χ3v) is 3.19. The molecule has 0 spiro atoms. The molecule has 2 N–H and O–H groups in total. The molecule has 0 saturated carbocycles. The van der Waals surface area contributed by atoms with E-state index in [2.05, 4.69) is 19.9 Å². The fraction of sp³-hybridized carbons (Fsp3) is 0.300. The Morgan fingerprint density at radius 1 is 1.53 bits per heavy atom. The molecule has 0 unspecified atom stereocenters. The summed E-state index contributed by atoms with van der Waals surface area (Å²) in [5.74, 6) is -1.31. The van der Waals surface area contributed by atoms with Gasteiger partial charge in [0.1, 0.15) is 4.88 Å². The summed E-state index contributed by atoms with van der Waals surface area (Å²) in [5, 5.41) is 15.2. The van der Waals surface area contributed by atoms with Crippen molar-refractivity contribution in [3.63, 3.8) is 0 Å². The topological polar surface area (TPSA) is 110 Å². The standard InChI is InChI=1S/C10H11N5O3S/c1-6-8(19-14-13-6)9(16)11-2-3-15-4-7(10(17)18)12-5-15/h4-5H,2-3H2,1H3,(H,11,16)(H,17,18). The molecule has 9 heteroatoms. The molecule has 0 atom stereocenters. The van der Waals surface area contributed by atoms with E-state index in [1.807, 2.05) is 0 Å². The zero-order valence-corrected chi connectivity index (χ0v) is 10.8. The van der Waals surface area contributed by atoms with Gasteiger partial charge in [-0.1, -0.05) is 4.49 Å². The van der Waals surface area contributed by atoms with Gasteiger partial charge in [0, 0.05) is 19.3 Å². The van der Waals surface area contributed by atoms with E-state index >= 15 is 0 Å². The van der Waals surface area contributed by atoms with Crippen LogP contribution in [0.25, 0.3) is 0 Å². The lowest BCUT2D eigenvalue weighted by molar-refractivity contribution is 0.0690. The molecule has 0 saturated heterocycles. The molecule has 0 aliphatic carbocycles. The van der Waals surface area contributed by atoms with E-state index in [1.54, 1.807) is 11.5 Å². The molecule has 0 fully saturated rings. The SMILES string of the molecule is Cc1nnsc1C(=O)NCCn1cnc(C(=O)O)c1. The van der Waals surface area contributed by atoms with Crippen molar-refractivity contribution in [2.75, 3.05) is 6.54 Å². The predicted octanol–water partition coefficient (Wildman–Crippen LogP) is 0.171. The number of hydrogen-bond acceptors (Lipinski definition) is 6. The van der Waals surface area contributed by atoms with Crippen molar-refractivity contribution in [3.05, 3.63) is 28.8 Å². The predicted molar refractivity (Wildman–Crippen MR) is 66.2 cm³/mol. The fourth-order valence-electron chi connectivity index (χ4n) is 1.41. The van der Waals surface area contributed by atoms with Crippen LogP contribution in [0.15, 0.2) is 12.5 Å². The molecule has 2 aromatic heterocycles. The maximum Gasteiger partial charge on any atom is 0.356 e. The van der Waals surface area contributed by atoms with Gasteiger partial charge in [-0.05, 0) is 18.5 Å². The zero-order valence-electron chi connectivity index (χ0n) is 10.0. The summed E-state index contributed by atoms with van der Waals surface area (Å²) in [5.41, 5.74) is 0.576. The van der Waals surface area contributed by atoms with Crippen molar-refractivity contribution in [1.82, 2.24) is 24.5 Å². The van der Waals surface area contributed by atoms with Crippen LogP contribution in [-0.2, 0) is 6.54 Å². The number of carboxylic acids is 1. The molecule has 8 nitrogen and oxygen atoms in total. The van der Waals surface area contributed by atoms with Crippen molar-refractivity contribution in [2.24, 2.45) is 0 Å². The minimum atomic E-state index is -1.07. The quantitative estimate of drug-likeness (QED) is 0.808. The summed E-state index contributed by atoms with van der Waals surface area (Å²) in [6.07, 6.45) is 2.82. The monoisotopic (exact) mass is 281 g/mol. The van der Waals surface area contributed by atoms with Crippen molar-refractivity contribution in [1.29, 1.82) is 0 Å². The summed E-state index contributed by atoms with van der Waals surface area (Å²) in [6.45, 7) is 2.52. The minimum absolute atomic E-state index is 0.0196. The minimum Gasteiger partial charge on any atom is -0.476 e. The second kappa shape index (κ2) is 5.57.